The van der Waals surface area contributed by atoms with Gasteiger partial charge in [0, 0.05) is 23.4 Å². The summed E-state index contributed by atoms with van der Waals surface area (Å²) in [7, 11) is 0. The van der Waals surface area contributed by atoms with Crippen LogP contribution >= 0.6 is 11.3 Å². The fraction of sp³-hybridized carbons (Fsp3) is 0.571. The van der Waals surface area contributed by atoms with Crippen LogP contribution in [0.4, 0.5) is 0 Å². The van der Waals surface area contributed by atoms with Crippen LogP contribution in [-0.2, 0) is 6.42 Å². The average Bonchev–Trinajstić information content (AvgIpc) is 2.95. The lowest BCUT2D eigenvalue weighted by Crippen LogP contribution is -2.47. The molecule has 110 valence electrons. The number of oxime groups is 1. The largest absolute Gasteiger partial charge is 0.409 e. The van der Waals surface area contributed by atoms with E-state index in [0.717, 1.165) is 24.1 Å². The van der Waals surface area contributed by atoms with Gasteiger partial charge in [-0.1, -0.05) is 19.0 Å². The summed E-state index contributed by atoms with van der Waals surface area (Å²) in [6, 6.07) is 3.92. The molecule has 6 heteroatoms. The molecular weight excluding hydrogens is 274 g/mol. The van der Waals surface area contributed by atoms with Gasteiger partial charge in [0.15, 0.2) is 0 Å². The number of carbonyl (C=O) groups is 1. The van der Waals surface area contributed by atoms with E-state index in [4.69, 9.17) is 10.9 Å². The first-order valence-corrected chi connectivity index (χ1v) is 7.68. The second kappa shape index (κ2) is 5.83. The second-order valence-electron chi connectivity index (χ2n) is 5.46. The summed E-state index contributed by atoms with van der Waals surface area (Å²) in [4.78, 5) is 16.3. The van der Waals surface area contributed by atoms with Gasteiger partial charge in [-0.3, -0.25) is 4.79 Å². The first kappa shape index (κ1) is 14.8. The van der Waals surface area contributed by atoms with Crippen molar-refractivity contribution in [3.8, 4) is 0 Å². The third kappa shape index (κ3) is 2.80. The lowest BCUT2D eigenvalue weighted by molar-refractivity contribution is 0.0671. The number of rotatable bonds is 3. The summed E-state index contributed by atoms with van der Waals surface area (Å²) in [5.41, 5.74) is 5.42. The predicted molar refractivity (Wildman–Crippen MR) is 80.4 cm³/mol. The van der Waals surface area contributed by atoms with Crippen LogP contribution in [0.1, 0.15) is 41.2 Å². The zero-order valence-electron chi connectivity index (χ0n) is 11.9. The van der Waals surface area contributed by atoms with Crippen molar-refractivity contribution >= 4 is 23.1 Å². The number of hydrogen-bond donors (Lipinski definition) is 2. The van der Waals surface area contributed by atoms with Crippen molar-refractivity contribution in [2.24, 2.45) is 16.3 Å². The van der Waals surface area contributed by atoms with Gasteiger partial charge in [-0.25, -0.2) is 0 Å². The number of amidine groups is 1. The molecule has 1 aromatic rings. The average molecular weight is 295 g/mol. The SMILES string of the molecule is CCc1ccc(C(=O)N2CCC(C)(/C(N)=N/O)CC2)s1. The van der Waals surface area contributed by atoms with Crippen molar-refractivity contribution < 1.29 is 10.0 Å². The van der Waals surface area contributed by atoms with Gasteiger partial charge in [-0.15, -0.1) is 11.3 Å². The maximum absolute atomic E-state index is 12.4. The Hall–Kier alpha value is -1.56. The van der Waals surface area contributed by atoms with Crippen LogP contribution in [0.5, 0.6) is 0 Å². The van der Waals surface area contributed by atoms with Crippen LogP contribution in [0.25, 0.3) is 0 Å². The van der Waals surface area contributed by atoms with Gasteiger partial charge in [0.1, 0.15) is 5.84 Å². The molecule has 0 unspecified atom stereocenters. The molecule has 0 atom stereocenters. The van der Waals surface area contributed by atoms with Gasteiger partial charge in [0.2, 0.25) is 0 Å². The Morgan fingerprint density at radius 3 is 2.65 bits per heavy atom. The predicted octanol–water partition coefficient (Wildman–Crippen LogP) is 2.30. The minimum absolute atomic E-state index is 0.0938. The van der Waals surface area contributed by atoms with E-state index in [2.05, 4.69) is 12.1 Å². The summed E-state index contributed by atoms with van der Waals surface area (Å²) < 4.78 is 0. The molecule has 5 nitrogen and oxygen atoms in total. The van der Waals surface area contributed by atoms with E-state index in [1.807, 2.05) is 24.0 Å². The summed E-state index contributed by atoms with van der Waals surface area (Å²) in [5.74, 6) is 0.352. The molecule has 1 aliphatic rings. The molecule has 0 aromatic carbocycles. The highest BCUT2D eigenvalue weighted by Gasteiger charge is 2.36. The van der Waals surface area contributed by atoms with Crippen molar-refractivity contribution in [3.05, 3.63) is 21.9 Å². The number of piperidine rings is 1. The molecule has 0 aliphatic carbocycles. The summed E-state index contributed by atoms with van der Waals surface area (Å²) in [5, 5.41) is 11.9. The second-order valence-corrected chi connectivity index (χ2v) is 6.63. The Morgan fingerprint density at radius 2 is 2.15 bits per heavy atom. The first-order valence-electron chi connectivity index (χ1n) is 6.86. The highest BCUT2D eigenvalue weighted by Crippen LogP contribution is 2.32. The third-order valence-corrected chi connectivity index (χ3v) is 5.32. The number of aryl methyl sites for hydroxylation is 1. The van der Waals surface area contributed by atoms with Gasteiger partial charge in [-0.05, 0) is 31.4 Å². The van der Waals surface area contributed by atoms with E-state index in [1.54, 1.807) is 11.3 Å². The fourth-order valence-electron chi connectivity index (χ4n) is 2.42. The maximum atomic E-state index is 12.4. The van der Waals surface area contributed by atoms with Gasteiger partial charge in [0.25, 0.3) is 5.91 Å². The Morgan fingerprint density at radius 1 is 1.50 bits per heavy atom. The van der Waals surface area contributed by atoms with E-state index < -0.39 is 0 Å². The molecule has 0 radical (unpaired) electrons. The quantitative estimate of drug-likeness (QED) is 0.389. The zero-order chi connectivity index (χ0) is 14.8. The van der Waals surface area contributed by atoms with Crippen LogP contribution in [0, 0.1) is 5.41 Å². The number of hydrogen-bond acceptors (Lipinski definition) is 4. The van der Waals surface area contributed by atoms with Crippen LogP contribution in [0.3, 0.4) is 0 Å². The molecular formula is C14H21N3O2S. The number of thiophene rings is 1. The van der Waals surface area contributed by atoms with E-state index in [1.165, 1.54) is 4.88 Å². The monoisotopic (exact) mass is 295 g/mol. The highest BCUT2D eigenvalue weighted by atomic mass is 32.1. The van der Waals surface area contributed by atoms with E-state index >= 15 is 0 Å². The normalized spacial score (nSPS) is 19.1. The Kier molecular flexibility index (Phi) is 4.32. The van der Waals surface area contributed by atoms with Crippen molar-refractivity contribution in [1.29, 1.82) is 0 Å². The first-order chi connectivity index (χ1) is 9.50. The minimum atomic E-state index is -0.310. The van der Waals surface area contributed by atoms with E-state index in [-0.39, 0.29) is 17.2 Å². The Balaban J connectivity index is 2.02. The molecule has 0 spiro atoms. The molecule has 2 heterocycles. The Bertz CT molecular complexity index is 516. The molecule has 1 fully saturated rings. The number of nitrogens with zero attached hydrogens (tertiary/aromatic N) is 2. The van der Waals surface area contributed by atoms with Crippen LogP contribution < -0.4 is 5.73 Å². The highest BCUT2D eigenvalue weighted by molar-refractivity contribution is 7.14. The van der Waals surface area contributed by atoms with Gasteiger partial charge in [-0.2, -0.15) is 0 Å². The van der Waals surface area contributed by atoms with Crippen molar-refractivity contribution in [2.45, 2.75) is 33.1 Å². The third-order valence-electron chi connectivity index (χ3n) is 4.10. The molecule has 2 rings (SSSR count). The summed E-state index contributed by atoms with van der Waals surface area (Å²) >= 11 is 1.57. The molecule has 0 bridgehead atoms. The molecule has 1 amide bonds. The van der Waals surface area contributed by atoms with Crippen molar-refractivity contribution in [2.75, 3.05) is 13.1 Å². The van der Waals surface area contributed by atoms with Crippen LogP contribution in [0.15, 0.2) is 17.3 Å². The molecule has 1 saturated heterocycles. The molecule has 3 N–H and O–H groups in total. The minimum Gasteiger partial charge on any atom is -0.409 e. The zero-order valence-corrected chi connectivity index (χ0v) is 12.7. The standard InChI is InChI=1S/C14H21N3O2S/c1-3-10-4-5-11(20-10)12(18)17-8-6-14(2,7-9-17)13(15)16-19/h4-5,19H,3,6-9H2,1-2H3,(H2,15,16). The fourth-order valence-corrected chi connectivity index (χ4v) is 3.33. The number of nitrogens with two attached hydrogens (primary N) is 1. The number of amides is 1. The van der Waals surface area contributed by atoms with Crippen molar-refractivity contribution in [3.63, 3.8) is 0 Å². The lowest BCUT2D eigenvalue weighted by Gasteiger charge is -2.38. The Labute approximate surface area is 123 Å². The van der Waals surface area contributed by atoms with Gasteiger partial charge < -0.3 is 15.8 Å². The molecule has 20 heavy (non-hydrogen) atoms. The van der Waals surface area contributed by atoms with Crippen LogP contribution in [0.2, 0.25) is 0 Å². The van der Waals surface area contributed by atoms with E-state index in [0.29, 0.717) is 13.1 Å². The number of likely N-dealkylation sites (tertiary alicyclic amines) is 1. The van der Waals surface area contributed by atoms with E-state index in [9.17, 15) is 4.79 Å². The van der Waals surface area contributed by atoms with Gasteiger partial charge in [0.05, 0.1) is 4.88 Å². The smallest absolute Gasteiger partial charge is 0.263 e. The molecule has 1 aliphatic heterocycles. The molecule has 1 aromatic heterocycles. The topological polar surface area (TPSA) is 78.9 Å². The van der Waals surface area contributed by atoms with Gasteiger partial charge >= 0.3 is 0 Å². The summed E-state index contributed by atoms with van der Waals surface area (Å²) in [6.07, 6.45) is 2.40. The maximum Gasteiger partial charge on any atom is 0.263 e. The molecule has 0 saturated carbocycles. The van der Waals surface area contributed by atoms with Crippen molar-refractivity contribution in [1.82, 2.24) is 4.90 Å². The lowest BCUT2D eigenvalue weighted by atomic mass is 9.79. The number of carbonyl (C=O) groups excluding carboxylic acids is 1. The van der Waals surface area contributed by atoms with Crippen LogP contribution in [-0.4, -0.2) is 34.9 Å². The summed E-state index contributed by atoms with van der Waals surface area (Å²) in [6.45, 7) is 5.35.